The molecule has 0 aromatic carbocycles. The molecule has 1 aromatic rings. The lowest BCUT2D eigenvalue weighted by molar-refractivity contribution is 0.536. The van der Waals surface area contributed by atoms with Crippen LogP contribution in [0.4, 0.5) is 0 Å². The van der Waals surface area contributed by atoms with Gasteiger partial charge in [-0.3, -0.25) is 0 Å². The topological polar surface area (TPSA) is 64.0 Å². The van der Waals surface area contributed by atoms with Crippen molar-refractivity contribution in [2.75, 3.05) is 0 Å². The Morgan fingerprint density at radius 3 is 2.71 bits per heavy atom. The molecule has 2 rings (SSSR count). The number of nitrogens with zero attached hydrogens (tertiary/aromatic N) is 2. The zero-order valence-corrected chi connectivity index (χ0v) is 11.4. The molecule has 96 valence electrons. The molecule has 1 saturated carbocycles. The van der Waals surface area contributed by atoms with Crippen molar-refractivity contribution < 1.29 is 8.42 Å². The van der Waals surface area contributed by atoms with Crippen LogP contribution in [0.5, 0.6) is 0 Å². The second-order valence-electron chi connectivity index (χ2n) is 4.69. The number of nitrogens with one attached hydrogen (secondary N) is 1. The molecule has 2 unspecified atom stereocenters. The number of halogens is 1. The molecule has 5 nitrogen and oxygen atoms in total. The van der Waals surface area contributed by atoms with Crippen LogP contribution in [-0.2, 0) is 17.1 Å². The maximum Gasteiger partial charge on any atom is 0.261 e. The minimum Gasteiger partial charge on any atom is -0.324 e. The Labute approximate surface area is 106 Å². The highest BCUT2D eigenvalue weighted by atomic mass is 35.5. The number of imidazole rings is 1. The molecule has 0 aliphatic heterocycles. The molecule has 1 aliphatic rings. The van der Waals surface area contributed by atoms with E-state index < -0.39 is 10.0 Å². The summed E-state index contributed by atoms with van der Waals surface area (Å²) in [6, 6.07) is 0.00747. The summed E-state index contributed by atoms with van der Waals surface area (Å²) in [5.41, 5.74) is 0. The SMILES string of the molecule is CC1CCC(NS(=O)(=O)c2ncn(C)c2Cl)C1. The molecule has 0 saturated heterocycles. The van der Waals surface area contributed by atoms with E-state index in [-0.39, 0.29) is 16.2 Å². The van der Waals surface area contributed by atoms with E-state index in [2.05, 4.69) is 16.6 Å². The summed E-state index contributed by atoms with van der Waals surface area (Å²) < 4.78 is 28.3. The molecule has 1 aliphatic carbocycles. The van der Waals surface area contributed by atoms with Gasteiger partial charge in [0.2, 0.25) is 5.03 Å². The van der Waals surface area contributed by atoms with E-state index in [1.807, 2.05) is 0 Å². The van der Waals surface area contributed by atoms with Gasteiger partial charge in [0.05, 0.1) is 6.33 Å². The van der Waals surface area contributed by atoms with E-state index in [9.17, 15) is 8.42 Å². The van der Waals surface area contributed by atoms with Gasteiger partial charge in [-0.25, -0.2) is 18.1 Å². The third kappa shape index (κ3) is 2.64. The Hall–Kier alpha value is -0.590. The summed E-state index contributed by atoms with van der Waals surface area (Å²) in [7, 11) is -1.93. The average molecular weight is 278 g/mol. The highest BCUT2D eigenvalue weighted by Crippen LogP contribution is 2.27. The fourth-order valence-electron chi connectivity index (χ4n) is 2.16. The molecule has 17 heavy (non-hydrogen) atoms. The number of aryl methyl sites for hydroxylation is 1. The molecule has 1 aromatic heterocycles. The average Bonchev–Trinajstić information content (AvgIpc) is 2.75. The normalized spacial score (nSPS) is 25.4. The third-order valence-electron chi connectivity index (χ3n) is 3.11. The fraction of sp³-hybridized carbons (Fsp3) is 0.700. The van der Waals surface area contributed by atoms with E-state index in [0.29, 0.717) is 5.92 Å². The van der Waals surface area contributed by atoms with E-state index in [4.69, 9.17) is 11.6 Å². The first-order valence-electron chi connectivity index (χ1n) is 5.59. The number of rotatable bonds is 3. The molecule has 0 amide bonds. The van der Waals surface area contributed by atoms with Crippen molar-refractivity contribution >= 4 is 21.6 Å². The van der Waals surface area contributed by atoms with Crippen molar-refractivity contribution in [3.8, 4) is 0 Å². The molecule has 7 heteroatoms. The molecule has 1 N–H and O–H groups in total. The Morgan fingerprint density at radius 1 is 1.53 bits per heavy atom. The number of hydrogen-bond donors (Lipinski definition) is 1. The summed E-state index contributed by atoms with van der Waals surface area (Å²) in [5.74, 6) is 0.571. The van der Waals surface area contributed by atoms with Crippen LogP contribution in [0.15, 0.2) is 11.4 Å². The Kier molecular flexibility index (Phi) is 3.47. The molecule has 1 fully saturated rings. The first-order valence-corrected chi connectivity index (χ1v) is 7.45. The van der Waals surface area contributed by atoms with Gasteiger partial charge >= 0.3 is 0 Å². The summed E-state index contributed by atoms with van der Waals surface area (Å²) >= 11 is 5.89. The quantitative estimate of drug-likeness (QED) is 0.911. The van der Waals surface area contributed by atoms with Crippen LogP contribution in [0.25, 0.3) is 0 Å². The second kappa shape index (κ2) is 4.59. The lowest BCUT2D eigenvalue weighted by Gasteiger charge is -2.11. The predicted octanol–water partition coefficient (Wildman–Crippen LogP) is 1.54. The van der Waals surface area contributed by atoms with E-state index in [1.54, 1.807) is 7.05 Å². The van der Waals surface area contributed by atoms with Gasteiger partial charge < -0.3 is 4.57 Å². The summed E-state index contributed by atoms with van der Waals surface area (Å²) in [4.78, 5) is 3.83. The lowest BCUT2D eigenvalue weighted by Crippen LogP contribution is -2.33. The van der Waals surface area contributed by atoms with Crippen LogP contribution >= 0.6 is 11.6 Å². The summed E-state index contributed by atoms with van der Waals surface area (Å²) in [6.45, 7) is 2.13. The molecular weight excluding hydrogens is 262 g/mol. The van der Waals surface area contributed by atoms with Gasteiger partial charge in [-0.2, -0.15) is 0 Å². The molecular formula is C10H16ClN3O2S. The van der Waals surface area contributed by atoms with Crippen molar-refractivity contribution in [2.24, 2.45) is 13.0 Å². The van der Waals surface area contributed by atoms with Crippen LogP contribution < -0.4 is 4.72 Å². The number of aromatic nitrogens is 2. The van der Waals surface area contributed by atoms with Crippen LogP contribution in [-0.4, -0.2) is 24.0 Å². The number of sulfonamides is 1. The van der Waals surface area contributed by atoms with Gasteiger partial charge in [-0.1, -0.05) is 18.5 Å². The van der Waals surface area contributed by atoms with Crippen molar-refractivity contribution in [1.82, 2.24) is 14.3 Å². The van der Waals surface area contributed by atoms with Crippen LogP contribution in [0, 0.1) is 5.92 Å². The molecule has 0 bridgehead atoms. The van der Waals surface area contributed by atoms with Crippen molar-refractivity contribution in [3.63, 3.8) is 0 Å². The van der Waals surface area contributed by atoms with E-state index in [1.165, 1.54) is 10.9 Å². The zero-order valence-electron chi connectivity index (χ0n) is 9.85. The third-order valence-corrected chi connectivity index (χ3v) is 5.11. The Morgan fingerprint density at radius 2 is 2.24 bits per heavy atom. The Balaban J connectivity index is 2.17. The first kappa shape index (κ1) is 12.9. The molecule has 2 atom stereocenters. The van der Waals surface area contributed by atoms with Crippen LogP contribution in [0.2, 0.25) is 5.15 Å². The van der Waals surface area contributed by atoms with Gasteiger partial charge in [0, 0.05) is 13.1 Å². The van der Waals surface area contributed by atoms with E-state index in [0.717, 1.165) is 19.3 Å². The minimum absolute atomic E-state index is 0.00747. The molecule has 0 radical (unpaired) electrons. The smallest absolute Gasteiger partial charge is 0.261 e. The predicted molar refractivity (Wildman–Crippen MR) is 65.3 cm³/mol. The van der Waals surface area contributed by atoms with Gasteiger partial charge in [0.1, 0.15) is 5.15 Å². The standard InChI is InChI=1S/C10H16ClN3O2S/c1-7-3-4-8(5-7)13-17(15,16)10-9(11)14(2)6-12-10/h6-8,13H,3-5H2,1-2H3. The fourth-order valence-corrected chi connectivity index (χ4v) is 3.88. The van der Waals surface area contributed by atoms with Crippen LogP contribution in [0.3, 0.4) is 0 Å². The van der Waals surface area contributed by atoms with Crippen molar-refractivity contribution in [2.45, 2.75) is 37.3 Å². The minimum atomic E-state index is -3.59. The maximum absolute atomic E-state index is 12.1. The Bertz CT molecular complexity index is 512. The monoisotopic (exact) mass is 277 g/mol. The first-order chi connectivity index (χ1) is 7.90. The summed E-state index contributed by atoms with van der Waals surface area (Å²) in [6.07, 6.45) is 4.21. The highest BCUT2D eigenvalue weighted by molar-refractivity contribution is 7.89. The van der Waals surface area contributed by atoms with Gasteiger partial charge in [0.25, 0.3) is 10.0 Å². The number of hydrogen-bond acceptors (Lipinski definition) is 3. The van der Waals surface area contributed by atoms with Gasteiger partial charge in [-0.15, -0.1) is 0 Å². The zero-order chi connectivity index (χ0) is 12.6. The highest BCUT2D eigenvalue weighted by Gasteiger charge is 2.29. The van der Waals surface area contributed by atoms with Crippen molar-refractivity contribution in [1.29, 1.82) is 0 Å². The second-order valence-corrected chi connectivity index (χ2v) is 6.68. The lowest BCUT2D eigenvalue weighted by atomic mass is 10.1. The molecule has 1 heterocycles. The molecule has 0 spiro atoms. The maximum atomic E-state index is 12.1. The van der Waals surface area contributed by atoms with Crippen molar-refractivity contribution in [3.05, 3.63) is 11.5 Å². The largest absolute Gasteiger partial charge is 0.324 e. The van der Waals surface area contributed by atoms with E-state index >= 15 is 0 Å². The van der Waals surface area contributed by atoms with Gasteiger partial charge in [0.15, 0.2) is 0 Å². The van der Waals surface area contributed by atoms with Crippen LogP contribution in [0.1, 0.15) is 26.2 Å². The van der Waals surface area contributed by atoms with Gasteiger partial charge in [-0.05, 0) is 25.2 Å². The summed E-state index contributed by atoms with van der Waals surface area (Å²) in [5, 5.41) is 0.0600.